The van der Waals surface area contributed by atoms with E-state index in [0.29, 0.717) is 27.6 Å². The molecule has 1 aromatic rings. The lowest BCUT2D eigenvalue weighted by atomic mass is 9.95. The van der Waals surface area contributed by atoms with Gasteiger partial charge in [-0.3, -0.25) is 10.1 Å². The van der Waals surface area contributed by atoms with Crippen LogP contribution in [0.3, 0.4) is 0 Å². The quantitative estimate of drug-likeness (QED) is 0.366. The summed E-state index contributed by atoms with van der Waals surface area (Å²) in [5.74, 6) is -0.528. The molecule has 0 amide bonds. The van der Waals surface area contributed by atoms with Crippen LogP contribution in [0, 0.1) is 10.1 Å². The molecule has 0 bridgehead atoms. The molecule has 8 nitrogen and oxygen atoms in total. The molecular weight excluding hydrogens is 332 g/mol. The van der Waals surface area contributed by atoms with E-state index in [-0.39, 0.29) is 5.69 Å². The summed E-state index contributed by atoms with van der Waals surface area (Å²) in [4.78, 5) is 24.7. The van der Waals surface area contributed by atoms with Crippen LogP contribution in [-0.2, 0) is 9.53 Å². The Bertz CT molecular complexity index is 745. The van der Waals surface area contributed by atoms with Gasteiger partial charge in [0.1, 0.15) is 5.69 Å². The molecule has 1 atom stereocenters. The van der Waals surface area contributed by atoms with Gasteiger partial charge in [0.15, 0.2) is 5.11 Å². The maximum Gasteiger partial charge on any atom is 0.337 e. The zero-order valence-electron chi connectivity index (χ0n) is 13.7. The van der Waals surface area contributed by atoms with E-state index in [0.717, 1.165) is 0 Å². The van der Waals surface area contributed by atoms with Gasteiger partial charge in [0.05, 0.1) is 23.6 Å². The third-order valence-electron chi connectivity index (χ3n) is 3.69. The molecule has 9 heteroatoms. The van der Waals surface area contributed by atoms with Crippen LogP contribution < -0.4 is 15.5 Å². The smallest absolute Gasteiger partial charge is 0.337 e. The van der Waals surface area contributed by atoms with Crippen molar-refractivity contribution in [2.45, 2.75) is 13.0 Å². The molecule has 2 N–H and O–H groups in total. The molecule has 2 rings (SSSR count). The van der Waals surface area contributed by atoms with Crippen molar-refractivity contribution in [2.75, 3.05) is 26.1 Å². The summed E-state index contributed by atoms with van der Waals surface area (Å²) >= 11 is 5.14. The SMILES string of the molecule is COC(=O)C1=C(C)NC(=S)N[C@H]1c1ccc(N(C)C)c([N+](=O)[O-])c1. The number of rotatable bonds is 4. The van der Waals surface area contributed by atoms with Crippen LogP contribution in [-0.4, -0.2) is 37.2 Å². The zero-order valence-corrected chi connectivity index (χ0v) is 14.6. The highest BCUT2D eigenvalue weighted by Crippen LogP contribution is 2.34. The highest BCUT2D eigenvalue weighted by Gasteiger charge is 2.32. The predicted octanol–water partition coefficient (Wildman–Crippen LogP) is 1.63. The molecule has 0 aliphatic carbocycles. The molecular formula is C15H18N4O4S. The molecule has 24 heavy (non-hydrogen) atoms. The molecule has 0 unspecified atom stereocenters. The number of hydrogen-bond acceptors (Lipinski definition) is 6. The summed E-state index contributed by atoms with van der Waals surface area (Å²) in [6.45, 7) is 1.70. The Morgan fingerprint density at radius 2 is 2.08 bits per heavy atom. The number of allylic oxidation sites excluding steroid dienone is 1. The molecule has 0 saturated carbocycles. The third-order valence-corrected chi connectivity index (χ3v) is 3.91. The first-order valence-electron chi connectivity index (χ1n) is 7.08. The van der Waals surface area contributed by atoms with Gasteiger partial charge in [-0.2, -0.15) is 0 Å². The largest absolute Gasteiger partial charge is 0.466 e. The van der Waals surface area contributed by atoms with E-state index in [1.165, 1.54) is 13.2 Å². The van der Waals surface area contributed by atoms with Crippen LogP contribution in [0.5, 0.6) is 0 Å². The number of nitrogens with zero attached hydrogens (tertiary/aromatic N) is 2. The van der Waals surface area contributed by atoms with Crippen molar-refractivity contribution in [3.63, 3.8) is 0 Å². The van der Waals surface area contributed by atoms with Crippen molar-refractivity contribution in [1.82, 2.24) is 10.6 Å². The van der Waals surface area contributed by atoms with E-state index < -0.39 is 16.9 Å². The first-order chi connectivity index (χ1) is 11.3. The van der Waals surface area contributed by atoms with Crippen molar-refractivity contribution in [3.05, 3.63) is 45.1 Å². The van der Waals surface area contributed by atoms with E-state index in [4.69, 9.17) is 17.0 Å². The summed E-state index contributed by atoms with van der Waals surface area (Å²) < 4.78 is 4.82. The molecule has 1 aliphatic heterocycles. The molecule has 1 aliphatic rings. The number of carbonyl (C=O) groups is 1. The average molecular weight is 350 g/mol. The summed E-state index contributed by atoms with van der Waals surface area (Å²) in [5, 5.41) is 17.6. The second-order valence-corrected chi connectivity index (χ2v) is 5.87. The van der Waals surface area contributed by atoms with E-state index in [1.807, 2.05) is 0 Å². The number of nitro groups is 1. The van der Waals surface area contributed by atoms with Crippen LogP contribution in [0.1, 0.15) is 18.5 Å². The zero-order chi connectivity index (χ0) is 18.0. The van der Waals surface area contributed by atoms with Crippen molar-refractivity contribution in [2.24, 2.45) is 0 Å². The number of hydrogen-bond donors (Lipinski definition) is 2. The van der Waals surface area contributed by atoms with Gasteiger partial charge in [0.2, 0.25) is 0 Å². The first-order valence-corrected chi connectivity index (χ1v) is 7.49. The van der Waals surface area contributed by atoms with E-state index in [9.17, 15) is 14.9 Å². The molecule has 0 radical (unpaired) electrons. The number of nitro benzene ring substituents is 1. The Balaban J connectivity index is 2.58. The second-order valence-electron chi connectivity index (χ2n) is 5.46. The minimum absolute atomic E-state index is 0.0504. The van der Waals surface area contributed by atoms with Gasteiger partial charge in [0.25, 0.3) is 5.69 Å². The van der Waals surface area contributed by atoms with Gasteiger partial charge >= 0.3 is 5.97 Å². The van der Waals surface area contributed by atoms with E-state index >= 15 is 0 Å². The minimum atomic E-state index is -0.624. The van der Waals surface area contributed by atoms with Gasteiger partial charge in [-0.15, -0.1) is 0 Å². The molecule has 0 aromatic heterocycles. The summed E-state index contributed by atoms with van der Waals surface area (Å²) in [6, 6.07) is 4.19. The lowest BCUT2D eigenvalue weighted by Gasteiger charge is -2.29. The van der Waals surface area contributed by atoms with Crippen molar-refractivity contribution in [1.29, 1.82) is 0 Å². The van der Waals surface area contributed by atoms with Gasteiger partial charge in [-0.25, -0.2) is 4.79 Å². The van der Waals surface area contributed by atoms with Crippen molar-refractivity contribution < 1.29 is 14.5 Å². The molecule has 0 spiro atoms. The van der Waals surface area contributed by atoms with Crippen LogP contribution in [0.25, 0.3) is 0 Å². The number of esters is 1. The number of benzene rings is 1. The second kappa shape index (κ2) is 6.83. The minimum Gasteiger partial charge on any atom is -0.466 e. The third kappa shape index (κ3) is 3.30. The van der Waals surface area contributed by atoms with Gasteiger partial charge in [0, 0.05) is 25.9 Å². The summed E-state index contributed by atoms with van der Waals surface area (Å²) in [5.41, 5.74) is 1.86. The maximum absolute atomic E-state index is 12.1. The predicted molar refractivity (Wildman–Crippen MR) is 93.7 cm³/mol. The van der Waals surface area contributed by atoms with Gasteiger partial charge < -0.3 is 20.3 Å². The summed E-state index contributed by atoms with van der Waals surface area (Å²) in [6.07, 6.45) is 0. The topological polar surface area (TPSA) is 96.7 Å². The van der Waals surface area contributed by atoms with E-state index in [1.54, 1.807) is 38.1 Å². The Labute approximate surface area is 144 Å². The van der Waals surface area contributed by atoms with Crippen LogP contribution >= 0.6 is 12.2 Å². The Morgan fingerprint density at radius 1 is 1.42 bits per heavy atom. The molecule has 1 aromatic carbocycles. The van der Waals surface area contributed by atoms with Gasteiger partial charge in [-0.1, -0.05) is 6.07 Å². The summed E-state index contributed by atoms with van der Waals surface area (Å²) in [7, 11) is 4.73. The number of carbonyl (C=O) groups excluding carboxylic acids is 1. The van der Waals surface area contributed by atoms with E-state index in [2.05, 4.69) is 10.6 Å². The monoisotopic (exact) mass is 350 g/mol. The maximum atomic E-state index is 12.1. The lowest BCUT2D eigenvalue weighted by molar-refractivity contribution is -0.384. The lowest BCUT2D eigenvalue weighted by Crippen LogP contribution is -2.45. The number of thiocarbonyl (C=S) groups is 1. The number of ether oxygens (including phenoxy) is 1. The van der Waals surface area contributed by atoms with Gasteiger partial charge in [-0.05, 0) is 30.8 Å². The first kappa shape index (κ1) is 17.7. The standard InChI is InChI=1S/C15H18N4O4S/c1-8-12(14(20)23-4)13(17-15(24)16-8)9-5-6-10(18(2)3)11(7-9)19(21)22/h5-7,13H,1-4H3,(H2,16,17,24)/t13-/m0/s1. The van der Waals surface area contributed by atoms with Crippen LogP contribution in [0.4, 0.5) is 11.4 Å². The normalized spacial score (nSPS) is 17.0. The number of anilines is 1. The number of nitrogens with one attached hydrogen (secondary N) is 2. The van der Waals surface area contributed by atoms with Crippen molar-refractivity contribution >= 4 is 34.7 Å². The fraction of sp³-hybridized carbons (Fsp3) is 0.333. The molecule has 0 fully saturated rings. The Hall–Kier alpha value is -2.68. The number of methoxy groups -OCH3 is 1. The molecule has 0 saturated heterocycles. The Morgan fingerprint density at radius 3 is 2.62 bits per heavy atom. The van der Waals surface area contributed by atoms with Crippen LogP contribution in [0.2, 0.25) is 0 Å². The average Bonchev–Trinajstić information content (AvgIpc) is 2.52. The highest BCUT2D eigenvalue weighted by molar-refractivity contribution is 7.80. The fourth-order valence-corrected chi connectivity index (χ4v) is 2.84. The van der Waals surface area contributed by atoms with Crippen LogP contribution in [0.15, 0.2) is 29.5 Å². The van der Waals surface area contributed by atoms with Crippen molar-refractivity contribution in [3.8, 4) is 0 Å². The fourth-order valence-electron chi connectivity index (χ4n) is 2.57. The molecule has 128 valence electrons. The molecule has 1 heterocycles. The highest BCUT2D eigenvalue weighted by atomic mass is 32.1. The Kier molecular flexibility index (Phi) is 5.03.